The predicted octanol–water partition coefficient (Wildman–Crippen LogP) is 3.07. The van der Waals surface area contributed by atoms with Gasteiger partial charge in [0, 0.05) is 16.5 Å². The topological polar surface area (TPSA) is 110 Å². The average Bonchev–Trinajstić information content (AvgIpc) is 3.25. The Hall–Kier alpha value is -3.38. The Bertz CT molecular complexity index is 1900. The van der Waals surface area contributed by atoms with Crippen LogP contribution in [0.5, 0.6) is 5.75 Å². The van der Waals surface area contributed by atoms with Crippen molar-refractivity contribution in [1.29, 1.82) is 0 Å². The fourth-order valence-electron chi connectivity index (χ4n) is 4.55. The molecule has 5 rings (SSSR count). The number of rotatable bonds is 6. The van der Waals surface area contributed by atoms with Crippen LogP contribution >= 0.6 is 0 Å². The first-order valence-electron chi connectivity index (χ1n) is 12.0. The van der Waals surface area contributed by atoms with Gasteiger partial charge in [0.25, 0.3) is 9.84 Å². The number of sulfone groups is 1. The van der Waals surface area contributed by atoms with E-state index in [0.717, 1.165) is 23.1 Å². The van der Waals surface area contributed by atoms with Crippen molar-refractivity contribution in [1.82, 2.24) is 4.98 Å². The van der Waals surface area contributed by atoms with Gasteiger partial charge in [-0.2, -0.15) is 13.2 Å². The molecule has 5 aromatic rings. The van der Waals surface area contributed by atoms with E-state index in [-0.39, 0.29) is 46.3 Å². The number of alkyl halides is 3. The largest absolute Gasteiger partial charge is 1.00 e. The van der Waals surface area contributed by atoms with Crippen molar-refractivity contribution in [3.8, 4) is 17.2 Å². The number of fused-ring (bicyclic) bond motifs is 2. The van der Waals surface area contributed by atoms with Crippen LogP contribution < -0.4 is 39.4 Å². The van der Waals surface area contributed by atoms with E-state index < -0.39 is 32.3 Å². The minimum Gasteiger partial charge on any atom is -0.545 e. The third-order valence-electron chi connectivity index (χ3n) is 6.69. The van der Waals surface area contributed by atoms with Gasteiger partial charge in [-0.3, -0.25) is 0 Å². The van der Waals surface area contributed by atoms with Crippen LogP contribution in [0.25, 0.3) is 33.3 Å². The Morgan fingerprint density at radius 3 is 2.29 bits per heavy atom. The van der Waals surface area contributed by atoms with Crippen LogP contribution in [0.3, 0.4) is 0 Å². The van der Waals surface area contributed by atoms with E-state index in [0.29, 0.717) is 33.7 Å². The summed E-state index contributed by atoms with van der Waals surface area (Å²) in [5.41, 5.74) is -2.52. The summed E-state index contributed by atoms with van der Waals surface area (Å²) < 4.78 is 74.0. The first-order chi connectivity index (χ1) is 18.8. The maximum absolute atomic E-state index is 12.9. The molecule has 0 N–H and O–H groups in total. The van der Waals surface area contributed by atoms with Gasteiger partial charge in [0.15, 0.2) is 5.76 Å². The molecule has 206 valence electrons. The second-order valence-corrected chi connectivity index (χ2v) is 11.2. The molecule has 2 aromatic heterocycles. The summed E-state index contributed by atoms with van der Waals surface area (Å²) in [6, 6.07) is 16.1. The minimum atomic E-state index is -5.49. The standard InChI is InChI=1S/C29H22F3NO6S.Na/c1-15-8-13-24(38-17(3)18-9-11-19(12-10-18)40(36,37)29(30,31)32)25-21(28(34)35)14-22(33-26(15)25)27-16(2)20-6-4-5-7-23(20)39-27;/h4-14,17H,1-3H3,(H,34,35);/q;+1/p-1. The number of aromatic carboxylic acids is 1. The summed E-state index contributed by atoms with van der Waals surface area (Å²) in [5, 5.41) is 13.4. The summed E-state index contributed by atoms with van der Waals surface area (Å²) in [7, 11) is -5.49. The molecule has 0 radical (unpaired) electrons. The summed E-state index contributed by atoms with van der Waals surface area (Å²) in [6.45, 7) is 5.21. The number of carboxylic acids is 1. The molecule has 1 atom stereocenters. The van der Waals surface area contributed by atoms with E-state index in [4.69, 9.17) is 14.1 Å². The van der Waals surface area contributed by atoms with Crippen molar-refractivity contribution >= 4 is 37.7 Å². The Balaban J connectivity index is 0.00000387. The summed E-state index contributed by atoms with van der Waals surface area (Å²) in [4.78, 5) is 16.1. The number of carbonyl (C=O) groups excluding carboxylic acids is 1. The third-order valence-corrected chi connectivity index (χ3v) is 8.19. The normalized spacial score (nSPS) is 12.7. The van der Waals surface area contributed by atoms with Crippen LogP contribution in [-0.2, 0) is 9.84 Å². The number of aryl methyl sites for hydroxylation is 2. The molecule has 0 spiro atoms. The molecule has 1 unspecified atom stereocenters. The number of carbonyl (C=O) groups is 1. The number of halogens is 3. The first kappa shape index (κ1) is 30.6. The molecule has 3 aromatic carbocycles. The van der Waals surface area contributed by atoms with Crippen molar-refractivity contribution in [2.24, 2.45) is 0 Å². The van der Waals surface area contributed by atoms with E-state index in [9.17, 15) is 31.5 Å². The van der Waals surface area contributed by atoms with Gasteiger partial charge in [-0.25, -0.2) is 13.4 Å². The van der Waals surface area contributed by atoms with Crippen LogP contribution in [0.1, 0.15) is 40.1 Å². The number of carboxylic acid groups (broad SMARTS) is 1. The molecule has 2 heterocycles. The van der Waals surface area contributed by atoms with Gasteiger partial charge in [-0.1, -0.05) is 36.4 Å². The summed E-state index contributed by atoms with van der Waals surface area (Å²) >= 11 is 0. The molecule has 0 aliphatic heterocycles. The molecule has 0 saturated carbocycles. The Kier molecular flexibility index (Phi) is 8.30. The fraction of sp³-hybridized carbons (Fsp3) is 0.172. The van der Waals surface area contributed by atoms with Gasteiger partial charge in [0.2, 0.25) is 0 Å². The van der Waals surface area contributed by atoms with Crippen molar-refractivity contribution < 1.29 is 70.2 Å². The number of aromatic nitrogens is 1. The van der Waals surface area contributed by atoms with Gasteiger partial charge in [0.1, 0.15) is 23.1 Å². The number of benzene rings is 3. The van der Waals surface area contributed by atoms with Gasteiger partial charge < -0.3 is 19.1 Å². The third kappa shape index (κ3) is 5.46. The van der Waals surface area contributed by atoms with E-state index in [1.165, 1.54) is 18.2 Å². The van der Waals surface area contributed by atoms with E-state index >= 15 is 0 Å². The summed E-state index contributed by atoms with van der Waals surface area (Å²) in [5.74, 6) is -0.898. The van der Waals surface area contributed by atoms with Crippen LogP contribution in [0.15, 0.2) is 76.0 Å². The predicted molar refractivity (Wildman–Crippen MR) is 139 cm³/mol. The molecular formula is C29H21F3NNaO6S. The quantitative estimate of drug-likeness (QED) is 0.279. The zero-order valence-corrected chi connectivity index (χ0v) is 25.2. The van der Waals surface area contributed by atoms with Gasteiger partial charge >= 0.3 is 35.1 Å². The van der Waals surface area contributed by atoms with Gasteiger partial charge in [-0.05, 0) is 62.2 Å². The molecule has 41 heavy (non-hydrogen) atoms. The van der Waals surface area contributed by atoms with E-state index in [1.54, 1.807) is 32.0 Å². The second-order valence-electron chi connectivity index (χ2n) is 9.28. The average molecular weight is 592 g/mol. The molecule has 12 heteroatoms. The van der Waals surface area contributed by atoms with Gasteiger partial charge in [-0.15, -0.1) is 0 Å². The van der Waals surface area contributed by atoms with Crippen LogP contribution in [0.4, 0.5) is 13.2 Å². The molecule has 0 saturated heterocycles. The Morgan fingerprint density at radius 2 is 1.68 bits per heavy atom. The number of nitrogens with zero attached hydrogens (tertiary/aromatic N) is 1. The Labute approximate surface area is 255 Å². The van der Waals surface area contributed by atoms with E-state index in [2.05, 4.69) is 0 Å². The van der Waals surface area contributed by atoms with Crippen molar-refractivity contribution in [3.05, 3.63) is 89.0 Å². The van der Waals surface area contributed by atoms with Crippen LogP contribution in [0, 0.1) is 13.8 Å². The fourth-order valence-corrected chi connectivity index (χ4v) is 5.31. The van der Waals surface area contributed by atoms with E-state index in [1.807, 2.05) is 25.1 Å². The maximum Gasteiger partial charge on any atom is 1.00 e. The zero-order valence-electron chi connectivity index (χ0n) is 22.4. The van der Waals surface area contributed by atoms with Gasteiger partial charge in [0.05, 0.1) is 21.8 Å². The van der Waals surface area contributed by atoms with Crippen molar-refractivity contribution in [2.75, 3.05) is 0 Å². The van der Waals surface area contributed by atoms with Crippen molar-refractivity contribution in [2.45, 2.75) is 37.3 Å². The molecule has 7 nitrogen and oxygen atoms in total. The molecular weight excluding hydrogens is 570 g/mol. The molecule has 0 aliphatic carbocycles. The molecule has 0 aliphatic rings. The minimum absolute atomic E-state index is 0. The number of hydrogen-bond donors (Lipinski definition) is 0. The number of hydrogen-bond acceptors (Lipinski definition) is 7. The molecule has 0 fully saturated rings. The zero-order chi connectivity index (χ0) is 29.0. The second kappa shape index (κ2) is 11.1. The maximum atomic E-state index is 12.9. The monoisotopic (exact) mass is 591 g/mol. The first-order valence-corrected chi connectivity index (χ1v) is 13.5. The SMILES string of the molecule is Cc1c(-c2cc(C(=O)[O-])c3c(OC(C)c4ccc(S(=O)(=O)C(F)(F)F)cc4)ccc(C)c3n2)oc2ccccc12.[Na+]. The summed E-state index contributed by atoms with van der Waals surface area (Å²) in [6.07, 6.45) is -0.791. The van der Waals surface area contributed by atoms with Crippen LogP contribution in [-0.4, -0.2) is 24.9 Å². The number of para-hydroxylation sites is 1. The van der Waals surface area contributed by atoms with Crippen molar-refractivity contribution in [3.63, 3.8) is 0 Å². The molecule has 0 amide bonds. The Morgan fingerprint density at radius 1 is 1.02 bits per heavy atom. The number of furan rings is 1. The smallest absolute Gasteiger partial charge is 0.545 e. The molecule has 0 bridgehead atoms. The van der Waals surface area contributed by atoms with Crippen LogP contribution in [0.2, 0.25) is 0 Å². The number of pyridine rings is 1. The number of ether oxygens (including phenoxy) is 1.